The van der Waals surface area contributed by atoms with Crippen LogP contribution in [-0.4, -0.2) is 95.1 Å². The summed E-state index contributed by atoms with van der Waals surface area (Å²) >= 11 is 0. The van der Waals surface area contributed by atoms with Crippen molar-refractivity contribution in [2.75, 3.05) is 24.6 Å². The number of aromatic amines is 1. The molecule has 3 aromatic carbocycles. The topological polar surface area (TPSA) is 309 Å². The lowest BCUT2D eigenvalue weighted by atomic mass is 10.0. The fourth-order valence-corrected chi connectivity index (χ4v) is 7.15. The van der Waals surface area contributed by atoms with Gasteiger partial charge < -0.3 is 54.9 Å². The van der Waals surface area contributed by atoms with Gasteiger partial charge in [-0.3, -0.25) is 33.8 Å². The number of benzene rings is 3. The average Bonchev–Trinajstić information content (AvgIpc) is 3.64. The summed E-state index contributed by atoms with van der Waals surface area (Å²) in [5, 5.41) is 13.3. The summed E-state index contributed by atoms with van der Waals surface area (Å²) in [6.45, 7) is 11.3. The molecule has 17 nitrogen and oxygen atoms in total. The number of hydrogen-bond donors (Lipinski definition) is 10. The maximum Gasteiger partial charge on any atom is 0.242 e. The summed E-state index contributed by atoms with van der Waals surface area (Å²) in [5.74, 6) is -1.49. The number of rotatable bonds is 19. The lowest BCUT2D eigenvalue weighted by molar-refractivity contribution is -0.130. The number of guanidine groups is 1. The zero-order chi connectivity index (χ0) is 45.9. The first-order valence-corrected chi connectivity index (χ1v) is 22.4. The maximum absolute atomic E-state index is 12.2. The SMILES string of the molecule is CC.CC(=O)NC(C)C(=O)N[C@H](Cc1c[nH]c2ccccc12)C(N)=O.CCCN=C(N)N.CCSSCC(NC(=O)CNC(=O)C(N)Cc1ccc2ccccc2c1)C(N)=O. The lowest BCUT2D eigenvalue weighted by Crippen LogP contribution is -2.52. The number of nitrogens with zero attached hydrogens (tertiary/aromatic N) is 1. The number of primary amides is 2. The highest BCUT2D eigenvalue weighted by molar-refractivity contribution is 8.76. The van der Waals surface area contributed by atoms with Gasteiger partial charge in [-0.1, -0.05) is 110 Å². The molecule has 0 fully saturated rings. The van der Waals surface area contributed by atoms with Gasteiger partial charge in [-0.2, -0.15) is 0 Å². The Morgan fingerprint density at radius 2 is 1.41 bits per heavy atom. The van der Waals surface area contributed by atoms with E-state index < -0.39 is 53.7 Å². The van der Waals surface area contributed by atoms with Crippen LogP contribution in [0.5, 0.6) is 0 Å². The number of aliphatic imine (C=N–C) groups is 1. The maximum atomic E-state index is 12.2. The number of carbonyl (C=O) groups is 6. The molecule has 1 aromatic heterocycles. The zero-order valence-electron chi connectivity index (χ0n) is 35.8. The van der Waals surface area contributed by atoms with Crippen LogP contribution in [0.2, 0.25) is 0 Å². The summed E-state index contributed by atoms with van der Waals surface area (Å²) < 4.78 is 0. The molecule has 0 aliphatic carbocycles. The van der Waals surface area contributed by atoms with Crippen LogP contribution in [0.15, 0.2) is 77.9 Å². The van der Waals surface area contributed by atoms with Crippen LogP contribution in [0.4, 0.5) is 0 Å². The van der Waals surface area contributed by atoms with Crippen molar-refractivity contribution in [1.29, 1.82) is 0 Å². The summed E-state index contributed by atoms with van der Waals surface area (Å²) in [6, 6.07) is 18.4. The third-order valence-electron chi connectivity index (χ3n) is 8.23. The third-order valence-corrected chi connectivity index (χ3v) is 10.7. The van der Waals surface area contributed by atoms with Gasteiger partial charge in [0, 0.05) is 48.5 Å². The van der Waals surface area contributed by atoms with E-state index in [9.17, 15) is 28.8 Å². The van der Waals surface area contributed by atoms with Crippen LogP contribution in [0.1, 0.15) is 59.1 Å². The Labute approximate surface area is 365 Å². The molecule has 6 amide bonds. The highest BCUT2D eigenvalue weighted by atomic mass is 33.1. The van der Waals surface area contributed by atoms with Crippen molar-refractivity contribution in [3.05, 3.63) is 84.1 Å². The molecule has 4 aromatic rings. The zero-order valence-corrected chi connectivity index (χ0v) is 37.4. The molecule has 334 valence electrons. The Balaban J connectivity index is 0.000000518. The number of para-hydroxylation sites is 1. The second-order valence-electron chi connectivity index (χ2n) is 13.2. The van der Waals surface area contributed by atoms with Crippen LogP contribution in [-0.2, 0) is 41.6 Å². The van der Waals surface area contributed by atoms with Crippen LogP contribution >= 0.6 is 21.6 Å². The van der Waals surface area contributed by atoms with E-state index in [4.69, 9.17) is 28.7 Å². The van der Waals surface area contributed by atoms with E-state index in [1.807, 2.05) is 94.4 Å². The lowest BCUT2D eigenvalue weighted by Gasteiger charge is -2.18. The smallest absolute Gasteiger partial charge is 0.242 e. The van der Waals surface area contributed by atoms with Crippen molar-refractivity contribution in [3.8, 4) is 0 Å². The Hall–Kier alpha value is -5.79. The highest BCUT2D eigenvalue weighted by Gasteiger charge is 2.24. The molecule has 0 spiro atoms. The van der Waals surface area contributed by atoms with Gasteiger partial charge in [0.1, 0.15) is 18.1 Å². The average molecular weight is 882 g/mol. The van der Waals surface area contributed by atoms with Gasteiger partial charge in [0.25, 0.3) is 0 Å². The van der Waals surface area contributed by atoms with Crippen molar-refractivity contribution >= 4 is 84.7 Å². The molecule has 3 unspecified atom stereocenters. The Morgan fingerprint density at radius 1 is 0.770 bits per heavy atom. The molecule has 0 saturated carbocycles. The van der Waals surface area contributed by atoms with Gasteiger partial charge in [0.15, 0.2) is 5.96 Å². The first-order valence-electron chi connectivity index (χ1n) is 19.9. The second-order valence-corrected chi connectivity index (χ2v) is 16.0. The number of carbonyl (C=O) groups excluding carboxylic acids is 6. The standard InChI is InChI=1S/C20H26N4O3S2.C16H20N4O3.C4H11N3.C2H6/c1-2-28-29-12-17(19(22)26)24-18(25)11-23-20(27)16(21)10-13-7-8-14-5-3-4-6-15(14)9-13;1-9(19-10(2)21)16(23)20-14(15(17)22)7-11-8-18-13-6-4-3-5-12(11)13;1-2-3-7-4(5)6;1-2/h3-9,16-17H,2,10-12,21H2,1H3,(H2,22,26)(H,23,27)(H,24,25);3-6,8-9,14,18H,7H2,1-2H3,(H2,17,22)(H,19,21)(H,20,23);2-3H2,1H3,(H4,5,6,7);1-2H3/t;9?,14-;;/m.1../s1. The van der Waals surface area contributed by atoms with Gasteiger partial charge in [-0.25, -0.2) is 0 Å². The highest BCUT2D eigenvalue weighted by Crippen LogP contribution is 2.21. The van der Waals surface area contributed by atoms with Gasteiger partial charge in [0.2, 0.25) is 35.4 Å². The summed E-state index contributed by atoms with van der Waals surface area (Å²) in [5.41, 5.74) is 29.5. The third kappa shape index (κ3) is 20.8. The fraction of sp³-hybridized carbons (Fsp3) is 0.405. The van der Waals surface area contributed by atoms with Crippen LogP contribution in [0, 0.1) is 0 Å². The molecular weight excluding hydrogens is 819 g/mol. The second kappa shape index (κ2) is 29.4. The molecule has 1 heterocycles. The Bertz CT molecular complexity index is 2040. The minimum Gasteiger partial charge on any atom is -0.370 e. The van der Waals surface area contributed by atoms with Crippen molar-refractivity contribution in [1.82, 2.24) is 26.3 Å². The van der Waals surface area contributed by atoms with E-state index in [0.29, 0.717) is 12.2 Å². The molecular formula is C42H63N11O6S2. The van der Waals surface area contributed by atoms with Gasteiger partial charge in [-0.15, -0.1) is 0 Å². The molecule has 19 heteroatoms. The van der Waals surface area contributed by atoms with Gasteiger partial charge in [-0.05, 0) is 47.7 Å². The van der Waals surface area contributed by atoms with Crippen molar-refractivity contribution in [2.24, 2.45) is 33.7 Å². The van der Waals surface area contributed by atoms with E-state index in [-0.39, 0.29) is 24.8 Å². The van der Waals surface area contributed by atoms with E-state index in [1.165, 1.54) is 17.7 Å². The number of amides is 6. The van der Waals surface area contributed by atoms with Gasteiger partial charge >= 0.3 is 0 Å². The summed E-state index contributed by atoms with van der Waals surface area (Å²) in [7, 11) is 3.03. The first-order chi connectivity index (χ1) is 29.1. The molecule has 4 rings (SSSR count). The summed E-state index contributed by atoms with van der Waals surface area (Å²) in [4.78, 5) is 77.2. The van der Waals surface area contributed by atoms with E-state index in [0.717, 1.165) is 51.5 Å². The molecule has 4 atom stereocenters. The number of H-pyrrole nitrogens is 1. The minimum absolute atomic E-state index is 0.182. The van der Waals surface area contributed by atoms with E-state index in [2.05, 4.69) is 31.2 Å². The molecule has 15 N–H and O–H groups in total. The minimum atomic E-state index is -0.849. The summed E-state index contributed by atoms with van der Waals surface area (Å²) in [6.07, 6.45) is 3.42. The molecule has 0 bridgehead atoms. The quantitative estimate of drug-likeness (QED) is 0.0281. The van der Waals surface area contributed by atoms with Gasteiger partial charge in [0.05, 0.1) is 12.6 Å². The normalized spacial score (nSPS) is 12.2. The Kier molecular flexibility index (Phi) is 25.7. The molecule has 0 radical (unpaired) electrons. The number of fused-ring (bicyclic) bond motifs is 2. The van der Waals surface area contributed by atoms with Crippen LogP contribution < -0.4 is 49.9 Å². The molecule has 61 heavy (non-hydrogen) atoms. The van der Waals surface area contributed by atoms with E-state index >= 15 is 0 Å². The molecule has 0 aliphatic heterocycles. The fourth-order valence-electron chi connectivity index (χ4n) is 5.30. The first kappa shape index (κ1) is 53.2. The van der Waals surface area contributed by atoms with Crippen molar-refractivity contribution < 1.29 is 28.8 Å². The largest absolute Gasteiger partial charge is 0.370 e. The van der Waals surface area contributed by atoms with Crippen molar-refractivity contribution in [3.63, 3.8) is 0 Å². The monoisotopic (exact) mass is 881 g/mol. The number of aromatic nitrogens is 1. The van der Waals surface area contributed by atoms with E-state index in [1.54, 1.807) is 23.9 Å². The van der Waals surface area contributed by atoms with Crippen molar-refractivity contribution in [2.45, 2.75) is 85.0 Å². The molecule has 0 saturated heterocycles. The predicted molar refractivity (Wildman–Crippen MR) is 249 cm³/mol. The molecule has 0 aliphatic rings. The predicted octanol–water partition coefficient (Wildman–Crippen LogP) is 2.10. The number of nitrogens with one attached hydrogen (secondary N) is 5. The Morgan fingerprint density at radius 3 is 2.00 bits per heavy atom. The van der Waals surface area contributed by atoms with Crippen LogP contribution in [0.3, 0.4) is 0 Å². The number of hydrogen-bond acceptors (Lipinski definition) is 10. The van der Waals surface area contributed by atoms with Crippen LogP contribution in [0.25, 0.3) is 21.7 Å². The number of nitrogens with two attached hydrogens (primary N) is 5.